The number of carboxylic acids is 1. The van der Waals surface area contributed by atoms with Gasteiger partial charge in [0, 0.05) is 13.0 Å². The van der Waals surface area contributed by atoms with Crippen LogP contribution in [0, 0.1) is 5.92 Å². The van der Waals surface area contributed by atoms with Gasteiger partial charge in [-0.2, -0.15) is 0 Å². The number of aliphatic carboxylic acids is 1. The third kappa shape index (κ3) is 2.85. The zero-order valence-electron chi connectivity index (χ0n) is 9.32. The van der Waals surface area contributed by atoms with E-state index in [1.54, 1.807) is 13.0 Å². The summed E-state index contributed by atoms with van der Waals surface area (Å²) in [5.74, 6) is -1.21. The SMILES string of the molecule is CCc1occc1C(=O)NCC(C)C(=O)O. The standard InChI is InChI=1S/C11H15NO4/c1-3-9-8(4-5-16-9)10(13)12-6-7(2)11(14)15/h4-5,7H,3,6H2,1-2H3,(H,12,13)(H,14,15). The molecule has 5 nitrogen and oxygen atoms in total. The number of rotatable bonds is 5. The number of furan rings is 1. The van der Waals surface area contributed by atoms with Gasteiger partial charge in [-0.1, -0.05) is 13.8 Å². The van der Waals surface area contributed by atoms with Crippen molar-refractivity contribution in [2.75, 3.05) is 6.54 Å². The highest BCUT2D eigenvalue weighted by molar-refractivity contribution is 5.95. The number of hydrogen-bond acceptors (Lipinski definition) is 3. The summed E-state index contributed by atoms with van der Waals surface area (Å²) in [6, 6.07) is 1.58. The van der Waals surface area contributed by atoms with Crippen LogP contribution in [0.5, 0.6) is 0 Å². The molecule has 1 heterocycles. The number of amides is 1. The van der Waals surface area contributed by atoms with E-state index < -0.39 is 11.9 Å². The van der Waals surface area contributed by atoms with Crippen LogP contribution in [-0.2, 0) is 11.2 Å². The molecule has 5 heteroatoms. The van der Waals surface area contributed by atoms with Crippen molar-refractivity contribution in [2.24, 2.45) is 5.92 Å². The molecule has 1 amide bonds. The zero-order valence-corrected chi connectivity index (χ0v) is 9.32. The molecule has 0 radical (unpaired) electrons. The average Bonchev–Trinajstić information content (AvgIpc) is 2.73. The Hall–Kier alpha value is -1.78. The first-order valence-corrected chi connectivity index (χ1v) is 5.13. The fourth-order valence-corrected chi connectivity index (χ4v) is 1.25. The van der Waals surface area contributed by atoms with E-state index in [4.69, 9.17) is 9.52 Å². The number of carboxylic acid groups (broad SMARTS) is 1. The van der Waals surface area contributed by atoms with Gasteiger partial charge in [-0.25, -0.2) is 0 Å². The molecule has 1 atom stereocenters. The van der Waals surface area contributed by atoms with Crippen LogP contribution in [0.15, 0.2) is 16.7 Å². The maximum Gasteiger partial charge on any atom is 0.308 e. The summed E-state index contributed by atoms with van der Waals surface area (Å²) in [5.41, 5.74) is 0.472. The fraction of sp³-hybridized carbons (Fsp3) is 0.455. The summed E-state index contributed by atoms with van der Waals surface area (Å²) < 4.78 is 5.11. The van der Waals surface area contributed by atoms with Gasteiger partial charge in [-0.05, 0) is 6.07 Å². The van der Waals surface area contributed by atoms with Gasteiger partial charge in [0.2, 0.25) is 0 Å². The van der Waals surface area contributed by atoms with Crippen molar-refractivity contribution >= 4 is 11.9 Å². The summed E-state index contributed by atoms with van der Waals surface area (Å²) in [4.78, 5) is 22.2. The second-order valence-corrected chi connectivity index (χ2v) is 3.56. The van der Waals surface area contributed by atoms with E-state index in [0.717, 1.165) is 0 Å². The van der Waals surface area contributed by atoms with Crippen molar-refractivity contribution in [1.82, 2.24) is 5.32 Å². The molecular formula is C11H15NO4. The normalized spacial score (nSPS) is 12.1. The Morgan fingerprint density at radius 2 is 2.25 bits per heavy atom. The summed E-state index contributed by atoms with van der Waals surface area (Å²) >= 11 is 0. The fourth-order valence-electron chi connectivity index (χ4n) is 1.25. The van der Waals surface area contributed by atoms with Gasteiger partial charge in [0.15, 0.2) is 0 Å². The first kappa shape index (κ1) is 12.3. The van der Waals surface area contributed by atoms with Crippen LogP contribution in [0.4, 0.5) is 0 Å². The van der Waals surface area contributed by atoms with Crippen LogP contribution < -0.4 is 5.32 Å². The van der Waals surface area contributed by atoms with Crippen molar-refractivity contribution in [2.45, 2.75) is 20.3 Å². The van der Waals surface area contributed by atoms with E-state index in [9.17, 15) is 9.59 Å². The molecule has 2 N–H and O–H groups in total. The summed E-state index contributed by atoms with van der Waals surface area (Å²) in [6.07, 6.45) is 2.08. The lowest BCUT2D eigenvalue weighted by molar-refractivity contribution is -0.140. The van der Waals surface area contributed by atoms with Crippen molar-refractivity contribution < 1.29 is 19.1 Å². The molecule has 88 valence electrons. The second kappa shape index (κ2) is 5.34. The number of aryl methyl sites for hydroxylation is 1. The Morgan fingerprint density at radius 3 is 2.81 bits per heavy atom. The van der Waals surface area contributed by atoms with Crippen LogP contribution in [0.1, 0.15) is 30.0 Å². The molecule has 0 saturated carbocycles. The van der Waals surface area contributed by atoms with Crippen LogP contribution >= 0.6 is 0 Å². The molecule has 0 aromatic carbocycles. The van der Waals surface area contributed by atoms with E-state index in [1.807, 2.05) is 6.92 Å². The first-order chi connectivity index (χ1) is 7.56. The third-order valence-electron chi connectivity index (χ3n) is 2.30. The predicted molar refractivity (Wildman–Crippen MR) is 57.2 cm³/mol. The van der Waals surface area contributed by atoms with Crippen LogP contribution in [0.2, 0.25) is 0 Å². The lowest BCUT2D eigenvalue weighted by Gasteiger charge is -2.07. The molecule has 0 bridgehead atoms. The predicted octanol–water partition coefficient (Wildman–Crippen LogP) is 1.29. The lowest BCUT2D eigenvalue weighted by Crippen LogP contribution is -2.31. The molecular weight excluding hydrogens is 210 g/mol. The molecule has 16 heavy (non-hydrogen) atoms. The number of nitrogens with one attached hydrogen (secondary N) is 1. The Balaban J connectivity index is 2.56. The molecule has 0 spiro atoms. The minimum atomic E-state index is -0.928. The van der Waals surface area contributed by atoms with Gasteiger partial charge < -0.3 is 14.8 Å². The topological polar surface area (TPSA) is 79.5 Å². The van der Waals surface area contributed by atoms with Crippen LogP contribution in [0.25, 0.3) is 0 Å². The van der Waals surface area contributed by atoms with Crippen molar-refractivity contribution in [3.63, 3.8) is 0 Å². The third-order valence-corrected chi connectivity index (χ3v) is 2.30. The molecule has 0 aliphatic heterocycles. The molecule has 0 fully saturated rings. The Labute approximate surface area is 93.4 Å². The molecule has 0 saturated heterocycles. The van der Waals surface area contributed by atoms with E-state index in [-0.39, 0.29) is 12.5 Å². The van der Waals surface area contributed by atoms with Gasteiger partial charge in [0.1, 0.15) is 5.76 Å². The number of carbonyl (C=O) groups excluding carboxylic acids is 1. The lowest BCUT2D eigenvalue weighted by atomic mass is 10.1. The first-order valence-electron chi connectivity index (χ1n) is 5.13. The Kier molecular flexibility index (Phi) is 4.10. The van der Waals surface area contributed by atoms with Gasteiger partial charge in [-0.15, -0.1) is 0 Å². The molecule has 1 unspecified atom stereocenters. The van der Waals surface area contributed by atoms with Crippen LogP contribution in [0.3, 0.4) is 0 Å². The average molecular weight is 225 g/mol. The maximum absolute atomic E-state index is 11.6. The van der Waals surface area contributed by atoms with Gasteiger partial charge in [-0.3, -0.25) is 9.59 Å². The van der Waals surface area contributed by atoms with E-state index in [1.165, 1.54) is 6.26 Å². The molecule has 1 rings (SSSR count). The quantitative estimate of drug-likeness (QED) is 0.791. The molecule has 0 aliphatic carbocycles. The van der Waals surface area contributed by atoms with Crippen molar-refractivity contribution in [3.8, 4) is 0 Å². The summed E-state index contributed by atoms with van der Waals surface area (Å²) in [7, 11) is 0. The highest BCUT2D eigenvalue weighted by Gasteiger charge is 2.16. The minimum Gasteiger partial charge on any atom is -0.481 e. The van der Waals surface area contributed by atoms with E-state index in [0.29, 0.717) is 17.7 Å². The maximum atomic E-state index is 11.6. The number of hydrogen-bond donors (Lipinski definition) is 2. The van der Waals surface area contributed by atoms with Crippen molar-refractivity contribution in [1.29, 1.82) is 0 Å². The van der Waals surface area contributed by atoms with Gasteiger partial charge in [0.25, 0.3) is 5.91 Å². The largest absolute Gasteiger partial charge is 0.481 e. The highest BCUT2D eigenvalue weighted by Crippen LogP contribution is 2.10. The van der Waals surface area contributed by atoms with Crippen LogP contribution in [-0.4, -0.2) is 23.5 Å². The second-order valence-electron chi connectivity index (χ2n) is 3.56. The smallest absolute Gasteiger partial charge is 0.308 e. The Morgan fingerprint density at radius 1 is 1.56 bits per heavy atom. The highest BCUT2D eigenvalue weighted by atomic mass is 16.4. The molecule has 0 aliphatic rings. The van der Waals surface area contributed by atoms with Crippen molar-refractivity contribution in [3.05, 3.63) is 23.7 Å². The minimum absolute atomic E-state index is 0.114. The summed E-state index contributed by atoms with van der Waals surface area (Å²) in [5, 5.41) is 11.2. The number of carbonyl (C=O) groups is 2. The van der Waals surface area contributed by atoms with Gasteiger partial charge >= 0.3 is 5.97 Å². The zero-order chi connectivity index (χ0) is 12.1. The molecule has 1 aromatic rings. The Bertz CT molecular complexity index is 383. The molecule has 1 aromatic heterocycles. The van der Waals surface area contributed by atoms with E-state index >= 15 is 0 Å². The summed E-state index contributed by atoms with van der Waals surface area (Å²) in [6.45, 7) is 3.54. The van der Waals surface area contributed by atoms with E-state index in [2.05, 4.69) is 5.32 Å². The van der Waals surface area contributed by atoms with Gasteiger partial charge in [0.05, 0.1) is 17.7 Å². The monoisotopic (exact) mass is 225 g/mol.